The molecule has 1 unspecified atom stereocenters. The van der Waals surface area contributed by atoms with Crippen molar-refractivity contribution in [3.63, 3.8) is 0 Å². The number of ether oxygens (including phenoxy) is 2. The van der Waals surface area contributed by atoms with Gasteiger partial charge in [-0.3, -0.25) is 4.90 Å². The fourth-order valence-corrected chi connectivity index (χ4v) is 7.35. The molecule has 0 saturated carbocycles. The quantitative estimate of drug-likeness (QED) is 0.180. The lowest BCUT2D eigenvalue weighted by Crippen LogP contribution is -2.44. The molecule has 3 atom stereocenters. The van der Waals surface area contributed by atoms with Gasteiger partial charge in [0.1, 0.15) is 41.3 Å². The highest BCUT2D eigenvalue weighted by Gasteiger charge is 2.49. The Hall–Kier alpha value is -4.18. The van der Waals surface area contributed by atoms with Crippen LogP contribution in [0.4, 0.5) is 29.1 Å². The summed E-state index contributed by atoms with van der Waals surface area (Å²) < 4.78 is 74.1. The summed E-state index contributed by atoms with van der Waals surface area (Å²) >= 11 is 0. The Morgan fingerprint density at radius 2 is 2.00 bits per heavy atom. The van der Waals surface area contributed by atoms with Crippen LogP contribution in [0.25, 0.3) is 32.8 Å². The highest BCUT2D eigenvalue weighted by molar-refractivity contribution is 6.05. The zero-order valence-electron chi connectivity index (χ0n) is 25.3. The molecule has 3 aliphatic rings. The van der Waals surface area contributed by atoms with Crippen molar-refractivity contribution in [2.45, 2.75) is 43.5 Å². The average Bonchev–Trinajstić information content (AvgIpc) is 3.46. The van der Waals surface area contributed by atoms with Crippen LogP contribution in [0.3, 0.4) is 0 Å². The highest BCUT2D eigenvalue weighted by atomic mass is 19.1. The predicted octanol–water partition coefficient (Wildman–Crippen LogP) is 4.97. The smallest absolute Gasteiger partial charge is 0.319 e. The number of nitrogens with zero attached hydrogens (tertiary/aromatic N) is 4. The van der Waals surface area contributed by atoms with Gasteiger partial charge in [0, 0.05) is 36.0 Å². The van der Waals surface area contributed by atoms with Gasteiger partial charge in [-0.05, 0) is 61.5 Å². The van der Waals surface area contributed by atoms with E-state index < -0.39 is 40.3 Å². The first-order chi connectivity index (χ1) is 22.0. The molecule has 4 aromatic rings. The standard InChI is InChI=1S/C34H33F4N5O3/c1-3-22-25(36)6-5-19-11-21(39)12-23(27(19)22)28-26(37)13-24-30(29(28)38)40-32(41-31(24)42-9-10-45-17-33(2,44)16-42)46-18-34-7-4-8-43(34)15-20(35)14-34/h1,5-6,11-13,20,44H,4,7-10,14-18,39H2,2H3/t20-,33?,34+/m1/s1. The van der Waals surface area contributed by atoms with E-state index in [0.717, 1.165) is 25.5 Å². The monoisotopic (exact) mass is 635 g/mol. The van der Waals surface area contributed by atoms with E-state index in [1.807, 2.05) is 0 Å². The van der Waals surface area contributed by atoms with Crippen molar-refractivity contribution < 1.29 is 32.1 Å². The molecule has 3 N–H and O–H groups in total. The third-order valence-electron chi connectivity index (χ3n) is 9.33. The van der Waals surface area contributed by atoms with Crippen molar-refractivity contribution in [1.82, 2.24) is 14.9 Å². The van der Waals surface area contributed by atoms with Crippen LogP contribution in [0.5, 0.6) is 6.01 Å². The minimum Gasteiger partial charge on any atom is -0.461 e. The molecular formula is C34H33F4N5O3. The number of aromatic nitrogens is 2. The summed E-state index contributed by atoms with van der Waals surface area (Å²) in [6.07, 6.45) is 6.60. The van der Waals surface area contributed by atoms with E-state index in [1.54, 1.807) is 17.9 Å². The lowest BCUT2D eigenvalue weighted by Gasteiger charge is -2.31. The maximum Gasteiger partial charge on any atom is 0.319 e. The summed E-state index contributed by atoms with van der Waals surface area (Å²) in [5.41, 5.74) is 3.57. The summed E-state index contributed by atoms with van der Waals surface area (Å²) in [6, 6.07) is 6.45. The number of nitrogen functional groups attached to an aromatic ring is 1. The molecular weight excluding hydrogens is 602 g/mol. The predicted molar refractivity (Wildman–Crippen MR) is 167 cm³/mol. The molecule has 3 fully saturated rings. The zero-order valence-corrected chi connectivity index (χ0v) is 25.3. The fraction of sp³-hybridized carbons (Fsp3) is 0.412. The first-order valence-corrected chi connectivity index (χ1v) is 15.2. The number of hydrogen-bond acceptors (Lipinski definition) is 8. The number of halogens is 4. The fourth-order valence-electron chi connectivity index (χ4n) is 7.35. The molecule has 0 spiro atoms. The minimum absolute atomic E-state index is 0.0331. The molecule has 3 aliphatic heterocycles. The van der Waals surface area contributed by atoms with Crippen molar-refractivity contribution in [1.29, 1.82) is 0 Å². The number of nitrogens with two attached hydrogens (primary N) is 1. The molecule has 3 saturated heterocycles. The van der Waals surface area contributed by atoms with Crippen LogP contribution < -0.4 is 15.4 Å². The maximum atomic E-state index is 16.9. The number of terminal acetylenes is 1. The van der Waals surface area contributed by atoms with Crippen molar-refractivity contribution in [3.05, 3.63) is 53.3 Å². The van der Waals surface area contributed by atoms with Crippen LogP contribution in [0, 0.1) is 29.8 Å². The third-order valence-corrected chi connectivity index (χ3v) is 9.33. The van der Waals surface area contributed by atoms with Gasteiger partial charge < -0.3 is 25.2 Å². The van der Waals surface area contributed by atoms with Gasteiger partial charge in [-0.25, -0.2) is 17.6 Å². The van der Waals surface area contributed by atoms with Gasteiger partial charge in [-0.2, -0.15) is 9.97 Å². The Labute approximate surface area is 263 Å². The van der Waals surface area contributed by atoms with E-state index in [-0.39, 0.29) is 77.8 Å². The number of β-amino-alcohol motifs (C(OH)–C–C–N with tert-alkyl or cyclic N) is 1. The van der Waals surface area contributed by atoms with E-state index in [2.05, 4.69) is 20.8 Å². The second kappa shape index (κ2) is 11.3. The number of alkyl halides is 1. The lowest BCUT2D eigenvalue weighted by molar-refractivity contribution is -0.0123. The Kier molecular flexibility index (Phi) is 7.46. The summed E-state index contributed by atoms with van der Waals surface area (Å²) in [6.45, 7) is 3.35. The maximum absolute atomic E-state index is 16.9. The largest absolute Gasteiger partial charge is 0.461 e. The molecule has 1 aromatic heterocycles. The van der Waals surface area contributed by atoms with E-state index in [4.69, 9.17) is 21.6 Å². The third kappa shape index (κ3) is 5.16. The molecule has 0 radical (unpaired) electrons. The Morgan fingerprint density at radius 3 is 2.80 bits per heavy atom. The van der Waals surface area contributed by atoms with Gasteiger partial charge in [0.15, 0.2) is 5.82 Å². The highest BCUT2D eigenvalue weighted by Crippen LogP contribution is 2.43. The lowest BCUT2D eigenvalue weighted by atomic mass is 9.92. The molecule has 0 aliphatic carbocycles. The topological polar surface area (TPSA) is 97.0 Å². The molecule has 240 valence electrons. The van der Waals surface area contributed by atoms with E-state index in [0.29, 0.717) is 18.4 Å². The van der Waals surface area contributed by atoms with Crippen molar-refractivity contribution >= 4 is 33.2 Å². The second-order valence-corrected chi connectivity index (χ2v) is 12.8. The molecule has 8 nitrogen and oxygen atoms in total. The summed E-state index contributed by atoms with van der Waals surface area (Å²) in [7, 11) is 0. The summed E-state index contributed by atoms with van der Waals surface area (Å²) in [5.74, 6) is -0.301. The molecule has 7 rings (SSSR count). The van der Waals surface area contributed by atoms with Crippen LogP contribution in [0.1, 0.15) is 31.7 Å². The summed E-state index contributed by atoms with van der Waals surface area (Å²) in [4.78, 5) is 12.8. The van der Waals surface area contributed by atoms with Crippen LogP contribution in [0.15, 0.2) is 30.3 Å². The first-order valence-electron chi connectivity index (χ1n) is 15.2. The van der Waals surface area contributed by atoms with Crippen LogP contribution in [0.2, 0.25) is 0 Å². The van der Waals surface area contributed by atoms with Crippen LogP contribution in [-0.2, 0) is 4.74 Å². The van der Waals surface area contributed by atoms with Crippen molar-refractivity contribution in [3.8, 4) is 29.5 Å². The Bertz CT molecular complexity index is 1910. The van der Waals surface area contributed by atoms with Gasteiger partial charge in [-0.15, -0.1) is 6.42 Å². The molecule has 4 heterocycles. The van der Waals surface area contributed by atoms with E-state index >= 15 is 8.78 Å². The van der Waals surface area contributed by atoms with Gasteiger partial charge in [0.25, 0.3) is 0 Å². The molecule has 0 bridgehead atoms. The second-order valence-electron chi connectivity index (χ2n) is 12.8. The van der Waals surface area contributed by atoms with E-state index in [1.165, 1.54) is 18.2 Å². The number of fused-ring (bicyclic) bond motifs is 3. The van der Waals surface area contributed by atoms with Crippen LogP contribution in [-0.4, -0.2) is 83.3 Å². The number of rotatable bonds is 5. The Morgan fingerprint density at radius 1 is 1.17 bits per heavy atom. The molecule has 46 heavy (non-hydrogen) atoms. The van der Waals surface area contributed by atoms with Gasteiger partial charge >= 0.3 is 6.01 Å². The molecule has 3 aromatic carbocycles. The molecule has 12 heteroatoms. The zero-order chi connectivity index (χ0) is 32.4. The van der Waals surface area contributed by atoms with E-state index in [9.17, 15) is 13.9 Å². The van der Waals surface area contributed by atoms with Gasteiger partial charge in [-0.1, -0.05) is 12.0 Å². The number of hydrogen-bond donors (Lipinski definition) is 2. The van der Waals surface area contributed by atoms with Crippen molar-refractivity contribution in [2.75, 3.05) is 56.6 Å². The number of benzene rings is 3. The van der Waals surface area contributed by atoms with Gasteiger partial charge in [0.05, 0.1) is 36.4 Å². The minimum atomic E-state index is -1.29. The average molecular weight is 636 g/mol. The SMILES string of the molecule is C#Cc1c(F)ccc2cc(N)cc(-c3c(F)cc4c(N5CCOCC(C)(O)C5)nc(OC[C@@]56CCCN5C[C@H](F)C6)nc4c3F)c12. The van der Waals surface area contributed by atoms with Crippen LogP contribution >= 0.6 is 0 Å². The van der Waals surface area contributed by atoms with Gasteiger partial charge in [0.2, 0.25) is 0 Å². The number of anilines is 2. The first kappa shape index (κ1) is 30.5. The van der Waals surface area contributed by atoms with Crippen molar-refractivity contribution in [2.24, 2.45) is 0 Å². The number of aliphatic hydroxyl groups is 1. The molecule has 0 amide bonds. The summed E-state index contributed by atoms with van der Waals surface area (Å²) in [5, 5.41) is 11.5. The normalized spacial score (nSPS) is 25.2. The Balaban J connectivity index is 1.42.